The van der Waals surface area contributed by atoms with E-state index in [1.165, 1.54) is 18.3 Å². The zero-order valence-electron chi connectivity index (χ0n) is 16.7. The molecule has 1 aliphatic rings. The van der Waals surface area contributed by atoms with Gasteiger partial charge in [0.2, 0.25) is 0 Å². The molecule has 2 heterocycles. The molecule has 1 saturated heterocycles. The molecule has 2 atom stereocenters. The van der Waals surface area contributed by atoms with Gasteiger partial charge in [0.25, 0.3) is 5.91 Å². The van der Waals surface area contributed by atoms with Gasteiger partial charge in [-0.15, -0.1) is 0 Å². The number of amides is 1. The molecule has 0 saturated carbocycles. The average molecular weight is 385 g/mol. The first kappa shape index (κ1) is 20.2. The number of hydrogen-bond acceptors (Lipinski definition) is 5. The second kappa shape index (κ2) is 9.10. The summed E-state index contributed by atoms with van der Waals surface area (Å²) in [5.41, 5.74) is 1.89. The van der Waals surface area contributed by atoms with Crippen LogP contribution in [0.5, 0.6) is 0 Å². The van der Waals surface area contributed by atoms with Crippen LogP contribution < -0.4 is 10.6 Å². The molecule has 28 heavy (non-hydrogen) atoms. The first-order chi connectivity index (χ1) is 13.5. The Morgan fingerprint density at radius 3 is 2.75 bits per heavy atom. The van der Waals surface area contributed by atoms with Crippen LogP contribution in [0.2, 0.25) is 0 Å². The fourth-order valence-electron chi connectivity index (χ4n) is 3.70. The summed E-state index contributed by atoms with van der Waals surface area (Å²) in [6, 6.07) is 6.65. The molecular formula is C21H28FN5O. The van der Waals surface area contributed by atoms with Gasteiger partial charge < -0.3 is 15.5 Å². The SMILES string of the molecule is CC[C@H]1CN(C)CC[C@@H]1Nc1ncc(C(=O)NC)nc1Cc1ccc(F)cc1. The van der Waals surface area contributed by atoms with Crippen molar-refractivity contribution in [1.29, 1.82) is 0 Å². The summed E-state index contributed by atoms with van der Waals surface area (Å²) < 4.78 is 13.2. The molecule has 1 aliphatic heterocycles. The minimum Gasteiger partial charge on any atom is -0.365 e. The van der Waals surface area contributed by atoms with Crippen LogP contribution >= 0.6 is 0 Å². The van der Waals surface area contributed by atoms with E-state index < -0.39 is 0 Å². The quantitative estimate of drug-likeness (QED) is 0.800. The summed E-state index contributed by atoms with van der Waals surface area (Å²) in [5, 5.41) is 6.17. The number of halogens is 1. The Labute approximate surface area is 165 Å². The van der Waals surface area contributed by atoms with E-state index in [1.807, 2.05) is 0 Å². The number of anilines is 1. The number of benzene rings is 1. The molecule has 1 aromatic heterocycles. The summed E-state index contributed by atoms with van der Waals surface area (Å²) in [5.74, 6) is 0.678. The van der Waals surface area contributed by atoms with E-state index in [1.54, 1.807) is 19.2 Å². The maximum Gasteiger partial charge on any atom is 0.271 e. The molecule has 0 bridgehead atoms. The lowest BCUT2D eigenvalue weighted by Gasteiger charge is -2.37. The van der Waals surface area contributed by atoms with Crippen molar-refractivity contribution in [3.05, 3.63) is 53.2 Å². The molecule has 7 heteroatoms. The topological polar surface area (TPSA) is 70.2 Å². The molecular weight excluding hydrogens is 357 g/mol. The number of carbonyl (C=O) groups excluding carboxylic acids is 1. The lowest BCUT2D eigenvalue weighted by atomic mass is 9.90. The smallest absolute Gasteiger partial charge is 0.271 e. The van der Waals surface area contributed by atoms with E-state index in [0.29, 0.717) is 29.9 Å². The van der Waals surface area contributed by atoms with E-state index in [9.17, 15) is 9.18 Å². The van der Waals surface area contributed by atoms with Gasteiger partial charge in [0.15, 0.2) is 0 Å². The van der Waals surface area contributed by atoms with Crippen molar-refractivity contribution in [2.75, 3.05) is 32.5 Å². The lowest BCUT2D eigenvalue weighted by molar-refractivity contribution is 0.0957. The number of nitrogens with one attached hydrogen (secondary N) is 2. The number of piperidine rings is 1. The molecule has 1 amide bonds. The molecule has 1 aromatic carbocycles. The van der Waals surface area contributed by atoms with E-state index in [0.717, 1.165) is 31.5 Å². The number of carbonyl (C=O) groups is 1. The molecule has 0 unspecified atom stereocenters. The van der Waals surface area contributed by atoms with Gasteiger partial charge in [-0.3, -0.25) is 4.79 Å². The molecule has 150 valence electrons. The third kappa shape index (κ3) is 4.84. The van der Waals surface area contributed by atoms with Crippen molar-refractivity contribution in [2.45, 2.75) is 32.2 Å². The first-order valence-corrected chi connectivity index (χ1v) is 9.77. The molecule has 6 nitrogen and oxygen atoms in total. The van der Waals surface area contributed by atoms with Crippen LogP contribution in [0.4, 0.5) is 10.2 Å². The second-order valence-electron chi connectivity index (χ2n) is 7.40. The molecule has 1 fully saturated rings. The molecule has 0 aliphatic carbocycles. The van der Waals surface area contributed by atoms with Gasteiger partial charge in [0, 0.05) is 26.1 Å². The fraction of sp³-hybridized carbons (Fsp3) is 0.476. The summed E-state index contributed by atoms with van der Waals surface area (Å²) in [7, 11) is 3.72. The summed E-state index contributed by atoms with van der Waals surface area (Å²) in [6.45, 7) is 4.29. The fourth-order valence-corrected chi connectivity index (χ4v) is 3.70. The van der Waals surface area contributed by atoms with Crippen molar-refractivity contribution in [1.82, 2.24) is 20.2 Å². The number of rotatable bonds is 6. The highest BCUT2D eigenvalue weighted by molar-refractivity contribution is 5.91. The third-order valence-corrected chi connectivity index (χ3v) is 5.37. The van der Waals surface area contributed by atoms with E-state index in [-0.39, 0.29) is 17.4 Å². The van der Waals surface area contributed by atoms with Crippen LogP contribution in [0.1, 0.15) is 41.5 Å². The Morgan fingerprint density at radius 1 is 1.32 bits per heavy atom. The molecule has 0 spiro atoms. The van der Waals surface area contributed by atoms with Gasteiger partial charge in [0.05, 0.1) is 11.9 Å². The van der Waals surface area contributed by atoms with E-state index >= 15 is 0 Å². The van der Waals surface area contributed by atoms with E-state index in [2.05, 4.69) is 39.5 Å². The van der Waals surface area contributed by atoms with Crippen LogP contribution in [0.15, 0.2) is 30.5 Å². The molecule has 0 radical (unpaired) electrons. The van der Waals surface area contributed by atoms with Crippen molar-refractivity contribution in [2.24, 2.45) is 5.92 Å². The first-order valence-electron chi connectivity index (χ1n) is 9.77. The Morgan fingerprint density at radius 2 is 2.07 bits per heavy atom. The van der Waals surface area contributed by atoms with Gasteiger partial charge in [0.1, 0.15) is 17.3 Å². The highest BCUT2D eigenvalue weighted by Crippen LogP contribution is 2.25. The molecule has 2 N–H and O–H groups in total. The van der Waals surface area contributed by atoms with Crippen LogP contribution in [-0.2, 0) is 6.42 Å². The zero-order valence-corrected chi connectivity index (χ0v) is 16.7. The van der Waals surface area contributed by atoms with Gasteiger partial charge in [-0.25, -0.2) is 14.4 Å². The second-order valence-corrected chi connectivity index (χ2v) is 7.40. The number of hydrogen-bond donors (Lipinski definition) is 2. The summed E-state index contributed by atoms with van der Waals surface area (Å²) >= 11 is 0. The van der Waals surface area contributed by atoms with E-state index in [4.69, 9.17) is 0 Å². The van der Waals surface area contributed by atoms with Crippen LogP contribution in [0.25, 0.3) is 0 Å². The minimum absolute atomic E-state index is 0.273. The maximum absolute atomic E-state index is 13.2. The molecule has 3 rings (SSSR count). The Hall–Kier alpha value is -2.54. The highest BCUT2D eigenvalue weighted by Gasteiger charge is 2.27. The summed E-state index contributed by atoms with van der Waals surface area (Å²) in [4.78, 5) is 23.4. The largest absolute Gasteiger partial charge is 0.365 e. The number of aromatic nitrogens is 2. The predicted molar refractivity (Wildman–Crippen MR) is 108 cm³/mol. The number of likely N-dealkylation sites (tertiary alicyclic amines) is 1. The van der Waals surface area contributed by atoms with Crippen LogP contribution in [0, 0.1) is 11.7 Å². The Kier molecular flexibility index (Phi) is 6.57. The van der Waals surface area contributed by atoms with Gasteiger partial charge in [-0.05, 0) is 43.6 Å². The van der Waals surface area contributed by atoms with Crippen LogP contribution in [-0.4, -0.2) is 54.0 Å². The van der Waals surface area contributed by atoms with Crippen molar-refractivity contribution >= 4 is 11.7 Å². The van der Waals surface area contributed by atoms with Crippen molar-refractivity contribution in [3.8, 4) is 0 Å². The van der Waals surface area contributed by atoms with Gasteiger partial charge in [-0.1, -0.05) is 25.5 Å². The monoisotopic (exact) mass is 385 g/mol. The molecule has 2 aromatic rings. The van der Waals surface area contributed by atoms with Crippen molar-refractivity contribution in [3.63, 3.8) is 0 Å². The van der Waals surface area contributed by atoms with Gasteiger partial charge in [-0.2, -0.15) is 0 Å². The standard InChI is InChI=1S/C21H28FN5O/c1-4-15-13-27(3)10-9-17(15)26-20-18(11-14-5-7-16(22)8-6-14)25-19(12-24-20)21(28)23-2/h5-8,12,15,17H,4,9-11,13H2,1-3H3,(H,23,28)(H,24,26)/t15-,17-/m0/s1. The van der Waals surface area contributed by atoms with Crippen LogP contribution in [0.3, 0.4) is 0 Å². The average Bonchev–Trinajstić information content (AvgIpc) is 2.71. The maximum atomic E-state index is 13.2. The van der Waals surface area contributed by atoms with Gasteiger partial charge >= 0.3 is 0 Å². The number of nitrogens with zero attached hydrogens (tertiary/aromatic N) is 3. The predicted octanol–water partition coefficient (Wildman–Crippen LogP) is 2.71. The Balaban J connectivity index is 1.88. The minimum atomic E-state index is -0.274. The zero-order chi connectivity index (χ0) is 20.1. The lowest BCUT2D eigenvalue weighted by Crippen LogP contribution is -2.44. The third-order valence-electron chi connectivity index (χ3n) is 5.37. The normalized spacial score (nSPS) is 20.0. The highest BCUT2D eigenvalue weighted by atomic mass is 19.1. The van der Waals surface area contributed by atoms with Crippen molar-refractivity contribution < 1.29 is 9.18 Å². The summed E-state index contributed by atoms with van der Waals surface area (Å²) in [6.07, 6.45) is 4.10. The Bertz CT molecular complexity index is 811.